The first-order valence-electron chi connectivity index (χ1n) is 5.52. The fraction of sp³-hybridized carbons (Fsp3) is 0.333. The zero-order valence-corrected chi connectivity index (χ0v) is 11.0. The van der Waals surface area contributed by atoms with Crippen LogP contribution in [-0.4, -0.2) is 24.4 Å². The number of benzene rings is 1. The van der Waals surface area contributed by atoms with Crippen LogP contribution in [0.25, 0.3) is 0 Å². The second-order valence-electron chi connectivity index (χ2n) is 4.14. The van der Waals surface area contributed by atoms with Gasteiger partial charge < -0.3 is 16.4 Å². The minimum atomic E-state index is -0.400. The van der Waals surface area contributed by atoms with Gasteiger partial charge in [-0.05, 0) is 32.0 Å². The molecule has 1 aromatic rings. The van der Waals surface area contributed by atoms with Crippen LogP contribution in [0.2, 0.25) is 5.02 Å². The van der Waals surface area contributed by atoms with Gasteiger partial charge in [-0.3, -0.25) is 9.59 Å². The van der Waals surface area contributed by atoms with Crippen LogP contribution in [0.1, 0.15) is 24.2 Å². The Labute approximate surface area is 111 Å². The first-order valence-corrected chi connectivity index (χ1v) is 5.90. The molecule has 0 aliphatic heterocycles. The molecular formula is C12H16ClN3O2. The highest BCUT2D eigenvalue weighted by atomic mass is 35.5. The first-order chi connectivity index (χ1) is 8.40. The molecule has 1 aromatic carbocycles. The maximum atomic E-state index is 11.8. The van der Waals surface area contributed by atoms with Crippen LogP contribution >= 0.6 is 11.6 Å². The summed E-state index contributed by atoms with van der Waals surface area (Å²) in [6.45, 7) is 3.60. The average Bonchev–Trinajstić information content (AvgIpc) is 2.25. The zero-order chi connectivity index (χ0) is 13.7. The molecule has 18 heavy (non-hydrogen) atoms. The van der Waals surface area contributed by atoms with Gasteiger partial charge in [-0.2, -0.15) is 0 Å². The quantitative estimate of drug-likeness (QED) is 0.718. The molecule has 0 fully saturated rings. The highest BCUT2D eigenvalue weighted by molar-refractivity contribution is 6.31. The number of anilines is 1. The Morgan fingerprint density at radius 2 is 2.06 bits per heavy atom. The number of hydrogen-bond acceptors (Lipinski definition) is 3. The third kappa shape index (κ3) is 4.25. The van der Waals surface area contributed by atoms with E-state index in [1.165, 1.54) is 12.1 Å². The number of amides is 2. The van der Waals surface area contributed by atoms with Crippen molar-refractivity contribution in [3.63, 3.8) is 0 Å². The lowest BCUT2D eigenvalue weighted by molar-refractivity contribution is -0.120. The van der Waals surface area contributed by atoms with E-state index in [0.717, 1.165) is 0 Å². The van der Waals surface area contributed by atoms with E-state index in [0.29, 0.717) is 10.6 Å². The predicted octanol–water partition coefficient (Wildman–Crippen LogP) is 1.18. The predicted molar refractivity (Wildman–Crippen MR) is 71.5 cm³/mol. The number of carbonyl (C=O) groups excluding carboxylic acids is 2. The topological polar surface area (TPSA) is 84.2 Å². The lowest BCUT2D eigenvalue weighted by Gasteiger charge is -2.10. The zero-order valence-electron chi connectivity index (χ0n) is 10.3. The lowest BCUT2D eigenvalue weighted by Crippen LogP contribution is -2.39. The van der Waals surface area contributed by atoms with Gasteiger partial charge in [-0.1, -0.05) is 11.6 Å². The van der Waals surface area contributed by atoms with Gasteiger partial charge in [0, 0.05) is 16.8 Å². The third-order valence-electron chi connectivity index (χ3n) is 2.12. The normalized spacial score (nSPS) is 10.2. The van der Waals surface area contributed by atoms with Crippen molar-refractivity contribution in [2.45, 2.75) is 19.9 Å². The largest absolute Gasteiger partial charge is 0.398 e. The van der Waals surface area contributed by atoms with E-state index >= 15 is 0 Å². The second-order valence-corrected chi connectivity index (χ2v) is 4.57. The van der Waals surface area contributed by atoms with Crippen molar-refractivity contribution in [2.24, 2.45) is 0 Å². The Bertz CT molecular complexity index is 461. The van der Waals surface area contributed by atoms with Crippen LogP contribution < -0.4 is 16.4 Å². The van der Waals surface area contributed by atoms with E-state index < -0.39 is 5.91 Å². The molecule has 5 nitrogen and oxygen atoms in total. The Kier molecular flexibility index (Phi) is 4.97. The molecule has 0 radical (unpaired) electrons. The molecule has 6 heteroatoms. The minimum absolute atomic E-state index is 0.0370. The van der Waals surface area contributed by atoms with E-state index in [1.807, 2.05) is 13.8 Å². The molecule has 2 amide bonds. The number of carbonyl (C=O) groups is 2. The molecule has 0 atom stereocenters. The van der Waals surface area contributed by atoms with Gasteiger partial charge in [-0.25, -0.2) is 0 Å². The summed E-state index contributed by atoms with van der Waals surface area (Å²) in [5, 5.41) is 5.62. The van der Waals surface area contributed by atoms with E-state index in [2.05, 4.69) is 10.6 Å². The molecule has 0 unspecified atom stereocenters. The van der Waals surface area contributed by atoms with Gasteiger partial charge in [0.05, 0.1) is 12.1 Å². The maximum Gasteiger partial charge on any atom is 0.253 e. The highest BCUT2D eigenvalue weighted by Gasteiger charge is 2.11. The smallest absolute Gasteiger partial charge is 0.253 e. The molecule has 0 aromatic heterocycles. The molecule has 98 valence electrons. The van der Waals surface area contributed by atoms with Crippen LogP contribution in [0.15, 0.2) is 18.2 Å². The van der Waals surface area contributed by atoms with E-state index in [9.17, 15) is 9.59 Å². The van der Waals surface area contributed by atoms with Gasteiger partial charge in [-0.15, -0.1) is 0 Å². The molecule has 0 spiro atoms. The van der Waals surface area contributed by atoms with Crippen LogP contribution in [-0.2, 0) is 4.79 Å². The van der Waals surface area contributed by atoms with Gasteiger partial charge in [0.2, 0.25) is 5.91 Å². The summed E-state index contributed by atoms with van der Waals surface area (Å²) in [7, 11) is 0. The summed E-state index contributed by atoms with van der Waals surface area (Å²) >= 11 is 5.73. The lowest BCUT2D eigenvalue weighted by atomic mass is 10.1. The number of nitrogens with one attached hydrogen (secondary N) is 2. The molecular weight excluding hydrogens is 254 g/mol. The SMILES string of the molecule is CC(C)NC(=O)CNC(=O)c1ccc(Cl)cc1N. The number of nitrogens with two attached hydrogens (primary N) is 1. The summed E-state index contributed by atoms with van der Waals surface area (Å²) in [6, 6.07) is 4.62. The van der Waals surface area contributed by atoms with Crippen molar-refractivity contribution in [1.82, 2.24) is 10.6 Å². The highest BCUT2D eigenvalue weighted by Crippen LogP contribution is 2.17. The Morgan fingerprint density at radius 1 is 1.39 bits per heavy atom. The first kappa shape index (κ1) is 14.3. The Morgan fingerprint density at radius 3 is 2.61 bits per heavy atom. The van der Waals surface area contributed by atoms with Crippen molar-refractivity contribution < 1.29 is 9.59 Å². The molecule has 0 heterocycles. The fourth-order valence-corrected chi connectivity index (χ4v) is 1.55. The van der Waals surface area contributed by atoms with Crippen LogP contribution in [0.3, 0.4) is 0 Å². The average molecular weight is 270 g/mol. The fourth-order valence-electron chi connectivity index (χ4n) is 1.37. The van der Waals surface area contributed by atoms with Crippen molar-refractivity contribution in [3.05, 3.63) is 28.8 Å². The number of halogens is 1. The standard InChI is InChI=1S/C12H16ClN3O2/c1-7(2)16-11(17)6-15-12(18)9-4-3-8(13)5-10(9)14/h3-5,7H,6,14H2,1-2H3,(H,15,18)(H,16,17). The van der Waals surface area contributed by atoms with Crippen LogP contribution in [0, 0.1) is 0 Å². The second kappa shape index (κ2) is 6.26. The summed E-state index contributed by atoms with van der Waals surface area (Å²) in [6.07, 6.45) is 0. The van der Waals surface area contributed by atoms with Crippen molar-refractivity contribution in [2.75, 3.05) is 12.3 Å². The van der Waals surface area contributed by atoms with E-state index in [4.69, 9.17) is 17.3 Å². The van der Waals surface area contributed by atoms with Gasteiger partial charge >= 0.3 is 0 Å². The monoisotopic (exact) mass is 269 g/mol. The summed E-state index contributed by atoms with van der Waals surface area (Å²) in [5.41, 5.74) is 6.25. The number of nitrogen functional groups attached to an aromatic ring is 1. The van der Waals surface area contributed by atoms with Gasteiger partial charge in [0.1, 0.15) is 0 Å². The minimum Gasteiger partial charge on any atom is -0.398 e. The molecule has 0 saturated heterocycles. The number of rotatable bonds is 4. The summed E-state index contributed by atoms with van der Waals surface area (Å²) in [5.74, 6) is -0.644. The summed E-state index contributed by atoms with van der Waals surface area (Å²) in [4.78, 5) is 23.1. The van der Waals surface area contributed by atoms with E-state index in [1.54, 1.807) is 6.07 Å². The van der Waals surface area contributed by atoms with Crippen LogP contribution in [0.4, 0.5) is 5.69 Å². The van der Waals surface area contributed by atoms with Gasteiger partial charge in [0.15, 0.2) is 0 Å². The Hall–Kier alpha value is -1.75. The molecule has 4 N–H and O–H groups in total. The van der Waals surface area contributed by atoms with Crippen molar-refractivity contribution in [1.29, 1.82) is 0 Å². The Balaban J connectivity index is 2.58. The van der Waals surface area contributed by atoms with Crippen LogP contribution in [0.5, 0.6) is 0 Å². The molecule has 0 saturated carbocycles. The maximum absolute atomic E-state index is 11.8. The van der Waals surface area contributed by atoms with Crippen molar-refractivity contribution >= 4 is 29.1 Å². The molecule has 0 aliphatic rings. The van der Waals surface area contributed by atoms with E-state index in [-0.39, 0.29) is 24.2 Å². The third-order valence-corrected chi connectivity index (χ3v) is 2.35. The molecule has 0 bridgehead atoms. The molecule has 1 rings (SSSR count). The summed E-state index contributed by atoms with van der Waals surface area (Å²) < 4.78 is 0. The van der Waals surface area contributed by atoms with Gasteiger partial charge in [0.25, 0.3) is 5.91 Å². The van der Waals surface area contributed by atoms with Crippen molar-refractivity contribution in [3.8, 4) is 0 Å². The molecule has 0 aliphatic carbocycles. The number of hydrogen-bond donors (Lipinski definition) is 3.